The number of carbonyl (C=O) groups excluding carboxylic acids is 1. The normalized spacial score (nSPS) is 44.5. The molecule has 3 saturated carbocycles. The van der Waals surface area contributed by atoms with Crippen LogP contribution >= 0.6 is 0 Å². The molecule has 19 heavy (non-hydrogen) atoms. The summed E-state index contributed by atoms with van der Waals surface area (Å²) >= 11 is 0. The third-order valence-electron chi connectivity index (χ3n) is 5.72. The lowest BCUT2D eigenvalue weighted by Gasteiger charge is -2.38. The van der Waals surface area contributed by atoms with Gasteiger partial charge in [-0.15, -0.1) is 0 Å². The van der Waals surface area contributed by atoms with Crippen LogP contribution in [0.15, 0.2) is 0 Å². The molecule has 0 aromatic carbocycles. The van der Waals surface area contributed by atoms with E-state index >= 15 is 0 Å². The van der Waals surface area contributed by atoms with Gasteiger partial charge in [0.2, 0.25) is 5.91 Å². The van der Waals surface area contributed by atoms with Crippen molar-refractivity contribution in [3.8, 4) is 0 Å². The van der Waals surface area contributed by atoms with Crippen molar-refractivity contribution < 1.29 is 14.7 Å². The fraction of sp³-hybridized carbons (Fsp3) is 0.867. The van der Waals surface area contributed by atoms with E-state index in [4.69, 9.17) is 0 Å². The maximum absolute atomic E-state index is 12.3. The number of aliphatic carboxylic acids is 1. The maximum Gasteiger partial charge on any atom is 0.311 e. The molecule has 3 aliphatic rings. The first kappa shape index (κ1) is 12.9. The summed E-state index contributed by atoms with van der Waals surface area (Å²) in [5.41, 5.74) is -0.780. The summed E-state index contributed by atoms with van der Waals surface area (Å²) in [6, 6.07) is -0.187. The number of amides is 1. The van der Waals surface area contributed by atoms with Gasteiger partial charge in [0, 0.05) is 12.0 Å². The molecule has 3 fully saturated rings. The maximum atomic E-state index is 12.3. The highest BCUT2D eigenvalue weighted by atomic mass is 16.4. The van der Waals surface area contributed by atoms with Crippen LogP contribution in [-0.2, 0) is 9.59 Å². The van der Waals surface area contributed by atoms with Crippen LogP contribution in [0.4, 0.5) is 0 Å². The third kappa shape index (κ3) is 2.05. The quantitative estimate of drug-likeness (QED) is 0.822. The molecule has 0 radical (unpaired) electrons. The van der Waals surface area contributed by atoms with Crippen molar-refractivity contribution in [2.45, 2.75) is 57.9 Å². The van der Waals surface area contributed by atoms with Gasteiger partial charge in [0.1, 0.15) is 0 Å². The molecule has 4 nitrogen and oxygen atoms in total. The van der Waals surface area contributed by atoms with Gasteiger partial charge in [-0.05, 0) is 44.4 Å². The van der Waals surface area contributed by atoms with Crippen LogP contribution in [0.5, 0.6) is 0 Å². The molecule has 0 aromatic heterocycles. The number of hydrogen-bond acceptors (Lipinski definition) is 2. The summed E-state index contributed by atoms with van der Waals surface area (Å²) in [5.74, 6) is 0.732. The second-order valence-electron chi connectivity index (χ2n) is 6.81. The molecule has 106 valence electrons. The minimum absolute atomic E-state index is 0.120. The van der Waals surface area contributed by atoms with Crippen LogP contribution in [0.2, 0.25) is 0 Å². The van der Waals surface area contributed by atoms with E-state index in [0.717, 1.165) is 19.3 Å². The number of carboxylic acids is 1. The van der Waals surface area contributed by atoms with Crippen LogP contribution in [0.25, 0.3) is 0 Å². The summed E-state index contributed by atoms with van der Waals surface area (Å²) in [7, 11) is 0. The van der Waals surface area contributed by atoms with Crippen molar-refractivity contribution in [3.63, 3.8) is 0 Å². The van der Waals surface area contributed by atoms with Crippen molar-refractivity contribution in [1.29, 1.82) is 0 Å². The fourth-order valence-corrected chi connectivity index (χ4v) is 4.30. The van der Waals surface area contributed by atoms with E-state index in [2.05, 4.69) is 5.32 Å². The van der Waals surface area contributed by atoms with Gasteiger partial charge in [0.15, 0.2) is 0 Å². The lowest BCUT2D eigenvalue weighted by molar-refractivity contribution is -0.152. The number of nitrogens with one attached hydrogen (secondary N) is 1. The molecule has 3 rings (SSSR count). The van der Waals surface area contributed by atoms with Gasteiger partial charge in [-0.3, -0.25) is 9.59 Å². The van der Waals surface area contributed by atoms with Crippen molar-refractivity contribution in [2.24, 2.45) is 23.2 Å². The van der Waals surface area contributed by atoms with Crippen molar-refractivity contribution in [2.75, 3.05) is 0 Å². The van der Waals surface area contributed by atoms with Gasteiger partial charge in [0.05, 0.1) is 5.41 Å². The smallest absolute Gasteiger partial charge is 0.311 e. The standard InChI is InChI=1S/C15H23NO3/c1-15(14(18)19)8-3-2-7-11(15)16-13(17)12-9-5-4-6-10(9)12/h9-12H,2-8H2,1H3,(H,16,17)(H,18,19). The lowest BCUT2D eigenvalue weighted by Crippen LogP contribution is -2.52. The zero-order chi connectivity index (χ0) is 13.6. The second kappa shape index (κ2) is 4.50. The fourth-order valence-electron chi connectivity index (χ4n) is 4.30. The van der Waals surface area contributed by atoms with Crippen LogP contribution in [0, 0.1) is 23.2 Å². The molecule has 0 aliphatic heterocycles. The van der Waals surface area contributed by atoms with Crippen LogP contribution < -0.4 is 5.32 Å². The Morgan fingerprint density at radius 3 is 2.42 bits per heavy atom. The molecule has 0 saturated heterocycles. The highest BCUT2D eigenvalue weighted by Crippen LogP contribution is 2.57. The summed E-state index contributed by atoms with van der Waals surface area (Å²) < 4.78 is 0. The monoisotopic (exact) mass is 265 g/mol. The van der Waals surface area contributed by atoms with Crippen LogP contribution in [0.1, 0.15) is 51.9 Å². The molecule has 1 amide bonds. The largest absolute Gasteiger partial charge is 0.481 e. The zero-order valence-corrected chi connectivity index (χ0v) is 11.5. The van der Waals surface area contributed by atoms with E-state index in [1.165, 1.54) is 19.3 Å². The van der Waals surface area contributed by atoms with E-state index in [9.17, 15) is 14.7 Å². The van der Waals surface area contributed by atoms with E-state index in [0.29, 0.717) is 18.3 Å². The average molecular weight is 265 g/mol. The number of carbonyl (C=O) groups is 2. The van der Waals surface area contributed by atoms with Crippen LogP contribution in [0.3, 0.4) is 0 Å². The number of carboxylic acid groups (broad SMARTS) is 1. The van der Waals surface area contributed by atoms with Gasteiger partial charge in [0.25, 0.3) is 0 Å². The molecule has 3 aliphatic carbocycles. The molecular formula is C15H23NO3. The Bertz CT molecular complexity index is 398. The Hall–Kier alpha value is -1.06. The highest BCUT2D eigenvalue weighted by Gasteiger charge is 2.57. The molecule has 0 heterocycles. The first-order chi connectivity index (χ1) is 9.04. The summed E-state index contributed by atoms with van der Waals surface area (Å²) in [4.78, 5) is 23.8. The van der Waals surface area contributed by atoms with Gasteiger partial charge in [-0.2, -0.15) is 0 Å². The van der Waals surface area contributed by atoms with Gasteiger partial charge >= 0.3 is 5.97 Å². The topological polar surface area (TPSA) is 66.4 Å². The molecule has 2 N–H and O–H groups in total. The first-order valence-electron chi connectivity index (χ1n) is 7.58. The second-order valence-corrected chi connectivity index (χ2v) is 6.81. The van der Waals surface area contributed by atoms with Gasteiger partial charge < -0.3 is 10.4 Å². The number of hydrogen-bond donors (Lipinski definition) is 2. The predicted octanol–water partition coefficient (Wildman–Crippen LogP) is 2.18. The molecule has 4 unspecified atom stereocenters. The molecule has 0 aromatic rings. The summed E-state index contributed by atoms with van der Waals surface area (Å²) in [6.07, 6.45) is 7.07. The molecule has 0 bridgehead atoms. The number of fused-ring (bicyclic) bond motifs is 1. The van der Waals surface area contributed by atoms with Crippen molar-refractivity contribution in [1.82, 2.24) is 5.32 Å². The minimum atomic E-state index is -0.780. The summed E-state index contributed by atoms with van der Waals surface area (Å²) in [5, 5.41) is 12.5. The molecule has 0 spiro atoms. The Morgan fingerprint density at radius 1 is 1.11 bits per heavy atom. The first-order valence-corrected chi connectivity index (χ1v) is 7.58. The van der Waals surface area contributed by atoms with Crippen molar-refractivity contribution in [3.05, 3.63) is 0 Å². The average Bonchev–Trinajstić information content (AvgIpc) is 2.86. The van der Waals surface area contributed by atoms with E-state index < -0.39 is 11.4 Å². The highest BCUT2D eigenvalue weighted by molar-refractivity contribution is 5.84. The van der Waals surface area contributed by atoms with Gasteiger partial charge in [-0.1, -0.05) is 19.3 Å². The Morgan fingerprint density at radius 2 is 1.79 bits per heavy atom. The van der Waals surface area contributed by atoms with E-state index in [1.54, 1.807) is 6.92 Å². The Kier molecular flexibility index (Phi) is 3.06. The zero-order valence-electron chi connectivity index (χ0n) is 11.5. The Labute approximate surface area is 113 Å². The molecule has 4 atom stereocenters. The molecule has 4 heteroatoms. The number of rotatable bonds is 3. The molecular weight excluding hydrogens is 242 g/mol. The van der Waals surface area contributed by atoms with Crippen LogP contribution in [-0.4, -0.2) is 23.0 Å². The predicted molar refractivity (Wildman–Crippen MR) is 70.5 cm³/mol. The minimum Gasteiger partial charge on any atom is -0.481 e. The summed E-state index contributed by atoms with van der Waals surface area (Å²) in [6.45, 7) is 1.78. The van der Waals surface area contributed by atoms with E-state index in [-0.39, 0.29) is 17.9 Å². The van der Waals surface area contributed by atoms with E-state index in [1.807, 2.05) is 0 Å². The third-order valence-corrected chi connectivity index (χ3v) is 5.72. The SMILES string of the molecule is CC1(C(=O)O)CCCCC1NC(=O)C1C2CCCC21. The Balaban J connectivity index is 1.64. The lowest BCUT2D eigenvalue weighted by atomic mass is 9.71. The van der Waals surface area contributed by atoms with Gasteiger partial charge in [-0.25, -0.2) is 0 Å². The van der Waals surface area contributed by atoms with Crippen molar-refractivity contribution >= 4 is 11.9 Å².